The quantitative estimate of drug-likeness (QED) is 0.716. The van der Waals surface area contributed by atoms with Crippen molar-refractivity contribution in [2.75, 3.05) is 6.54 Å². The van der Waals surface area contributed by atoms with Crippen molar-refractivity contribution in [2.24, 2.45) is 0 Å². The van der Waals surface area contributed by atoms with Crippen LogP contribution in [-0.2, 0) is 0 Å². The topological polar surface area (TPSA) is 50.5 Å². The van der Waals surface area contributed by atoms with E-state index < -0.39 is 0 Å². The Bertz CT molecular complexity index is 887. The molecule has 5 heteroatoms. The molecule has 4 rings (SSSR count). The first-order valence-corrected chi connectivity index (χ1v) is 8.90. The Morgan fingerprint density at radius 3 is 2.80 bits per heavy atom. The average molecular weight is 334 g/mol. The summed E-state index contributed by atoms with van der Waals surface area (Å²) in [4.78, 5) is 24.1. The highest BCUT2D eigenvalue weighted by molar-refractivity contribution is 5.99. The predicted molar refractivity (Wildman–Crippen MR) is 96.4 cm³/mol. The van der Waals surface area contributed by atoms with Crippen LogP contribution in [0.4, 0.5) is 0 Å². The minimum Gasteiger partial charge on any atom is -0.330 e. The fraction of sp³-hybridized carbons (Fsp3) is 0.350. The summed E-state index contributed by atoms with van der Waals surface area (Å²) in [6, 6.07) is 10.0. The van der Waals surface area contributed by atoms with Crippen molar-refractivity contribution in [3.05, 3.63) is 66.0 Å². The van der Waals surface area contributed by atoms with Crippen molar-refractivity contribution in [2.45, 2.75) is 38.6 Å². The smallest absolute Gasteiger partial charge is 0.275 e. The van der Waals surface area contributed by atoms with Crippen molar-refractivity contribution in [1.82, 2.24) is 19.3 Å². The summed E-state index contributed by atoms with van der Waals surface area (Å²) in [5.41, 5.74) is 2.59. The van der Waals surface area contributed by atoms with Crippen LogP contribution in [0.3, 0.4) is 0 Å². The largest absolute Gasteiger partial charge is 0.330 e. The first-order valence-electron chi connectivity index (χ1n) is 8.90. The molecule has 5 nitrogen and oxygen atoms in total. The summed E-state index contributed by atoms with van der Waals surface area (Å²) in [5, 5.41) is 0. The van der Waals surface area contributed by atoms with Crippen LogP contribution in [0.15, 0.2) is 48.9 Å². The number of likely N-dealkylation sites (tertiary alicyclic amines) is 1. The van der Waals surface area contributed by atoms with Crippen LogP contribution in [0.5, 0.6) is 0 Å². The van der Waals surface area contributed by atoms with Gasteiger partial charge >= 0.3 is 0 Å². The molecule has 3 aromatic heterocycles. The van der Waals surface area contributed by atoms with E-state index in [0.29, 0.717) is 5.69 Å². The van der Waals surface area contributed by atoms with E-state index in [0.717, 1.165) is 49.1 Å². The van der Waals surface area contributed by atoms with E-state index in [1.54, 1.807) is 12.4 Å². The lowest BCUT2D eigenvalue weighted by Gasteiger charge is -2.30. The van der Waals surface area contributed by atoms with Gasteiger partial charge in [0.1, 0.15) is 5.82 Å². The normalized spacial score (nSPS) is 18.3. The molecule has 0 radical (unpaired) electrons. The fourth-order valence-electron chi connectivity index (χ4n) is 3.77. The van der Waals surface area contributed by atoms with Crippen LogP contribution in [0.25, 0.3) is 5.52 Å². The third kappa shape index (κ3) is 2.90. The number of hydrogen-bond acceptors (Lipinski definition) is 3. The lowest BCUT2D eigenvalue weighted by atomic mass is 10.0. The molecule has 1 aliphatic rings. The Morgan fingerprint density at radius 1 is 1.12 bits per heavy atom. The fourth-order valence-corrected chi connectivity index (χ4v) is 3.77. The number of hydrogen-bond donors (Lipinski definition) is 0. The molecule has 4 heterocycles. The first kappa shape index (κ1) is 15.8. The molecular weight excluding hydrogens is 312 g/mol. The van der Waals surface area contributed by atoms with Crippen molar-refractivity contribution in [3.8, 4) is 0 Å². The highest BCUT2D eigenvalue weighted by atomic mass is 16.2. The number of pyridine rings is 2. The Labute approximate surface area is 147 Å². The van der Waals surface area contributed by atoms with E-state index >= 15 is 0 Å². The Balaban J connectivity index is 1.75. The lowest BCUT2D eigenvalue weighted by molar-refractivity contribution is 0.0677. The Hall–Kier alpha value is -2.69. The molecule has 0 aromatic carbocycles. The van der Waals surface area contributed by atoms with Crippen molar-refractivity contribution < 1.29 is 4.79 Å². The van der Waals surface area contributed by atoms with E-state index in [1.165, 1.54) is 0 Å². The second-order valence-corrected chi connectivity index (χ2v) is 6.61. The van der Waals surface area contributed by atoms with Gasteiger partial charge in [0, 0.05) is 25.1 Å². The lowest BCUT2D eigenvalue weighted by Crippen LogP contribution is -2.35. The van der Waals surface area contributed by atoms with Crippen LogP contribution >= 0.6 is 0 Å². The van der Waals surface area contributed by atoms with Crippen molar-refractivity contribution in [1.29, 1.82) is 0 Å². The number of fused-ring (bicyclic) bond motifs is 1. The molecule has 1 amide bonds. The standard InChI is InChI=1S/C20H22N4O/c1-15-22-19(18-8-4-6-13-23(15)18)20(25)24-14-5-2-3-7-17(24)16-9-11-21-12-10-16/h4,6,8-13,17H,2-3,5,7,14H2,1H3/t17-/m1/s1. The summed E-state index contributed by atoms with van der Waals surface area (Å²) >= 11 is 0. The van der Waals surface area contributed by atoms with Gasteiger partial charge < -0.3 is 9.30 Å². The maximum atomic E-state index is 13.4. The van der Waals surface area contributed by atoms with E-state index in [-0.39, 0.29) is 11.9 Å². The summed E-state index contributed by atoms with van der Waals surface area (Å²) in [7, 11) is 0. The van der Waals surface area contributed by atoms with Crippen LogP contribution in [0.1, 0.15) is 53.6 Å². The molecule has 128 valence electrons. The predicted octanol–water partition coefficient (Wildman–Crippen LogP) is 3.80. The number of rotatable bonds is 2. The van der Waals surface area contributed by atoms with Crippen LogP contribution in [-0.4, -0.2) is 31.7 Å². The van der Waals surface area contributed by atoms with Gasteiger partial charge in [0.15, 0.2) is 5.69 Å². The van der Waals surface area contributed by atoms with Crippen molar-refractivity contribution >= 4 is 11.4 Å². The second kappa shape index (κ2) is 6.67. The minimum absolute atomic E-state index is 0.0283. The molecule has 1 saturated heterocycles. The van der Waals surface area contributed by atoms with Gasteiger partial charge in [-0.25, -0.2) is 4.98 Å². The second-order valence-electron chi connectivity index (χ2n) is 6.61. The van der Waals surface area contributed by atoms with E-state index in [9.17, 15) is 4.79 Å². The number of imidazole rings is 1. The Morgan fingerprint density at radius 2 is 1.96 bits per heavy atom. The molecule has 0 saturated carbocycles. The molecule has 0 spiro atoms. The van der Waals surface area contributed by atoms with E-state index in [4.69, 9.17) is 0 Å². The molecule has 1 aliphatic heterocycles. The summed E-state index contributed by atoms with van der Waals surface area (Å²) < 4.78 is 1.98. The van der Waals surface area contributed by atoms with Gasteiger partial charge in [-0.3, -0.25) is 9.78 Å². The number of nitrogens with zero attached hydrogens (tertiary/aromatic N) is 4. The molecule has 0 N–H and O–H groups in total. The highest BCUT2D eigenvalue weighted by Crippen LogP contribution is 2.31. The van der Waals surface area contributed by atoms with Gasteiger partial charge in [0.2, 0.25) is 0 Å². The Kier molecular flexibility index (Phi) is 4.22. The van der Waals surface area contributed by atoms with Crippen LogP contribution in [0, 0.1) is 6.92 Å². The van der Waals surface area contributed by atoms with E-state index in [1.807, 2.05) is 52.8 Å². The average Bonchev–Trinajstić information content (AvgIpc) is 2.84. The molecule has 0 unspecified atom stereocenters. The first-order chi connectivity index (χ1) is 12.3. The number of aromatic nitrogens is 3. The summed E-state index contributed by atoms with van der Waals surface area (Å²) in [6.45, 7) is 2.71. The van der Waals surface area contributed by atoms with Gasteiger partial charge in [-0.1, -0.05) is 18.9 Å². The van der Waals surface area contributed by atoms with Gasteiger partial charge in [0.25, 0.3) is 5.91 Å². The van der Waals surface area contributed by atoms with Crippen LogP contribution < -0.4 is 0 Å². The number of amides is 1. The molecule has 1 atom stereocenters. The van der Waals surface area contributed by atoms with Gasteiger partial charge in [-0.2, -0.15) is 0 Å². The molecular formula is C20H22N4O. The van der Waals surface area contributed by atoms with Crippen LogP contribution in [0.2, 0.25) is 0 Å². The molecule has 0 aliphatic carbocycles. The maximum absolute atomic E-state index is 13.4. The zero-order chi connectivity index (χ0) is 17.2. The monoisotopic (exact) mass is 334 g/mol. The zero-order valence-corrected chi connectivity index (χ0v) is 14.4. The number of carbonyl (C=O) groups excluding carboxylic acids is 1. The SMILES string of the molecule is Cc1nc(C(=O)N2CCCCC[C@@H]2c2ccncc2)c2ccccn12. The third-order valence-electron chi connectivity index (χ3n) is 5.03. The van der Waals surface area contributed by atoms with E-state index in [2.05, 4.69) is 9.97 Å². The number of carbonyl (C=O) groups is 1. The molecule has 0 bridgehead atoms. The zero-order valence-electron chi connectivity index (χ0n) is 14.4. The maximum Gasteiger partial charge on any atom is 0.275 e. The highest BCUT2D eigenvalue weighted by Gasteiger charge is 2.30. The van der Waals surface area contributed by atoms with Crippen molar-refractivity contribution in [3.63, 3.8) is 0 Å². The minimum atomic E-state index is 0.0283. The van der Waals surface area contributed by atoms with Gasteiger partial charge in [-0.15, -0.1) is 0 Å². The summed E-state index contributed by atoms with van der Waals surface area (Å²) in [6.07, 6.45) is 9.89. The van der Waals surface area contributed by atoms with Gasteiger partial charge in [0.05, 0.1) is 11.6 Å². The summed E-state index contributed by atoms with van der Waals surface area (Å²) in [5.74, 6) is 0.870. The number of aryl methyl sites for hydroxylation is 1. The molecule has 3 aromatic rings. The third-order valence-corrected chi connectivity index (χ3v) is 5.03. The van der Waals surface area contributed by atoms with Gasteiger partial charge in [-0.05, 0) is 49.6 Å². The molecule has 25 heavy (non-hydrogen) atoms. The molecule has 1 fully saturated rings.